The molecule has 1 unspecified atom stereocenters. The summed E-state index contributed by atoms with van der Waals surface area (Å²) in [6.07, 6.45) is 2.35. The highest BCUT2D eigenvalue weighted by molar-refractivity contribution is 6.20. The van der Waals surface area contributed by atoms with E-state index in [0.717, 1.165) is 12.8 Å². The molecule has 0 saturated heterocycles. The lowest BCUT2D eigenvalue weighted by molar-refractivity contribution is -0.154. The zero-order chi connectivity index (χ0) is 9.64. The molecule has 4 heteroatoms. The van der Waals surface area contributed by atoms with Crippen LogP contribution in [0.25, 0.3) is 0 Å². The van der Waals surface area contributed by atoms with E-state index in [4.69, 9.17) is 5.11 Å². The standard InChI is InChI=1S/C9H10O4/c10-5-1-2-9(3-4-9)7(11)6(5)8(12)13/h6H,1-4H2,(H,12,13). The first-order chi connectivity index (χ1) is 6.07. The second-order valence-electron chi connectivity index (χ2n) is 3.88. The maximum Gasteiger partial charge on any atom is 0.321 e. The first-order valence-electron chi connectivity index (χ1n) is 4.37. The number of hydrogen-bond acceptors (Lipinski definition) is 3. The minimum absolute atomic E-state index is 0.253. The minimum Gasteiger partial charge on any atom is -0.480 e. The molecule has 2 aliphatic rings. The molecule has 2 fully saturated rings. The Balaban J connectivity index is 2.27. The van der Waals surface area contributed by atoms with Gasteiger partial charge in [-0.25, -0.2) is 0 Å². The summed E-state index contributed by atoms with van der Waals surface area (Å²) in [6, 6.07) is 0. The molecule has 2 saturated carbocycles. The lowest BCUT2D eigenvalue weighted by atomic mass is 9.77. The van der Waals surface area contributed by atoms with Crippen LogP contribution in [0.1, 0.15) is 25.7 Å². The number of hydrogen-bond donors (Lipinski definition) is 1. The molecule has 0 aromatic heterocycles. The van der Waals surface area contributed by atoms with Crippen molar-refractivity contribution in [3.05, 3.63) is 0 Å². The van der Waals surface area contributed by atoms with E-state index in [2.05, 4.69) is 0 Å². The van der Waals surface area contributed by atoms with Crippen LogP contribution in [0.4, 0.5) is 0 Å². The van der Waals surface area contributed by atoms with Gasteiger partial charge < -0.3 is 5.11 Å². The van der Waals surface area contributed by atoms with Crippen LogP contribution < -0.4 is 0 Å². The van der Waals surface area contributed by atoms with Crippen molar-refractivity contribution in [3.63, 3.8) is 0 Å². The Morgan fingerprint density at radius 1 is 1.31 bits per heavy atom. The molecule has 0 aromatic rings. The van der Waals surface area contributed by atoms with Gasteiger partial charge in [-0.15, -0.1) is 0 Å². The summed E-state index contributed by atoms with van der Waals surface area (Å²) in [5.41, 5.74) is -0.420. The van der Waals surface area contributed by atoms with Gasteiger partial charge in [0.15, 0.2) is 17.5 Å². The van der Waals surface area contributed by atoms with Crippen LogP contribution in [-0.4, -0.2) is 22.6 Å². The lowest BCUT2D eigenvalue weighted by Gasteiger charge is -2.23. The monoisotopic (exact) mass is 182 g/mol. The fraction of sp³-hybridized carbons (Fsp3) is 0.667. The van der Waals surface area contributed by atoms with Crippen LogP contribution in [0.3, 0.4) is 0 Å². The topological polar surface area (TPSA) is 71.4 Å². The number of carbonyl (C=O) groups is 3. The summed E-state index contributed by atoms with van der Waals surface area (Å²) < 4.78 is 0. The highest BCUT2D eigenvalue weighted by atomic mass is 16.4. The number of aliphatic carboxylic acids is 1. The molecule has 1 spiro atoms. The van der Waals surface area contributed by atoms with E-state index in [9.17, 15) is 14.4 Å². The Hall–Kier alpha value is -1.19. The van der Waals surface area contributed by atoms with Crippen molar-refractivity contribution < 1.29 is 19.5 Å². The quantitative estimate of drug-likeness (QED) is 0.596. The van der Waals surface area contributed by atoms with Crippen LogP contribution in [0, 0.1) is 11.3 Å². The maximum atomic E-state index is 11.6. The van der Waals surface area contributed by atoms with Crippen molar-refractivity contribution in [2.75, 3.05) is 0 Å². The SMILES string of the molecule is O=C(O)C1C(=O)CCC2(CC2)C1=O. The van der Waals surface area contributed by atoms with Gasteiger partial charge in [0.1, 0.15) is 0 Å². The van der Waals surface area contributed by atoms with E-state index in [0.29, 0.717) is 6.42 Å². The van der Waals surface area contributed by atoms with Crippen molar-refractivity contribution in [2.45, 2.75) is 25.7 Å². The molecule has 0 heterocycles. The van der Waals surface area contributed by atoms with E-state index in [1.54, 1.807) is 0 Å². The molecular formula is C9H10O4. The van der Waals surface area contributed by atoms with E-state index in [1.807, 2.05) is 0 Å². The summed E-state index contributed by atoms with van der Waals surface area (Å²) in [4.78, 5) is 33.4. The van der Waals surface area contributed by atoms with E-state index < -0.39 is 23.1 Å². The number of carboxylic acid groups (broad SMARTS) is 1. The first kappa shape index (κ1) is 8.41. The summed E-state index contributed by atoms with van der Waals surface area (Å²) in [5.74, 6) is -3.41. The first-order valence-corrected chi connectivity index (χ1v) is 4.37. The molecular weight excluding hydrogens is 172 g/mol. The predicted molar refractivity (Wildman–Crippen MR) is 42.0 cm³/mol. The number of rotatable bonds is 1. The third-order valence-corrected chi connectivity index (χ3v) is 3.06. The maximum absolute atomic E-state index is 11.6. The fourth-order valence-corrected chi connectivity index (χ4v) is 1.98. The Bertz CT molecular complexity index is 301. The highest BCUT2D eigenvalue weighted by Gasteiger charge is 2.57. The second-order valence-corrected chi connectivity index (χ2v) is 3.88. The third kappa shape index (κ3) is 1.08. The zero-order valence-corrected chi connectivity index (χ0v) is 7.08. The van der Waals surface area contributed by atoms with Crippen molar-refractivity contribution in [1.29, 1.82) is 0 Å². The van der Waals surface area contributed by atoms with Gasteiger partial charge in [-0.3, -0.25) is 14.4 Å². The number of ketones is 2. The molecule has 13 heavy (non-hydrogen) atoms. The Morgan fingerprint density at radius 2 is 1.92 bits per heavy atom. The van der Waals surface area contributed by atoms with Crippen molar-refractivity contribution in [1.82, 2.24) is 0 Å². The van der Waals surface area contributed by atoms with Crippen molar-refractivity contribution in [2.24, 2.45) is 11.3 Å². The Morgan fingerprint density at radius 3 is 2.38 bits per heavy atom. The van der Waals surface area contributed by atoms with Crippen molar-refractivity contribution >= 4 is 17.5 Å². The molecule has 1 N–H and O–H groups in total. The van der Waals surface area contributed by atoms with Gasteiger partial charge in [-0.1, -0.05) is 0 Å². The second kappa shape index (κ2) is 2.40. The van der Waals surface area contributed by atoms with Gasteiger partial charge in [-0.2, -0.15) is 0 Å². The average molecular weight is 182 g/mol. The van der Waals surface area contributed by atoms with E-state index in [-0.39, 0.29) is 12.2 Å². The van der Waals surface area contributed by atoms with Gasteiger partial charge in [-0.05, 0) is 19.3 Å². The Labute approximate surface area is 74.9 Å². The van der Waals surface area contributed by atoms with Gasteiger partial charge in [0.2, 0.25) is 0 Å². The van der Waals surface area contributed by atoms with E-state index in [1.165, 1.54) is 0 Å². The molecule has 4 nitrogen and oxygen atoms in total. The third-order valence-electron chi connectivity index (χ3n) is 3.06. The van der Waals surface area contributed by atoms with Gasteiger partial charge in [0.05, 0.1) is 0 Å². The molecule has 1 atom stereocenters. The molecule has 2 rings (SSSR count). The molecule has 0 amide bonds. The van der Waals surface area contributed by atoms with Crippen LogP contribution in [0.15, 0.2) is 0 Å². The minimum atomic E-state index is -1.36. The summed E-state index contributed by atoms with van der Waals surface area (Å²) >= 11 is 0. The zero-order valence-electron chi connectivity index (χ0n) is 7.08. The van der Waals surface area contributed by atoms with Gasteiger partial charge in [0.25, 0.3) is 0 Å². The summed E-state index contributed by atoms with van der Waals surface area (Å²) in [6.45, 7) is 0. The normalized spacial score (nSPS) is 30.6. The van der Waals surface area contributed by atoms with Gasteiger partial charge >= 0.3 is 5.97 Å². The van der Waals surface area contributed by atoms with Crippen LogP contribution in [0.2, 0.25) is 0 Å². The fourth-order valence-electron chi connectivity index (χ4n) is 1.98. The molecule has 2 aliphatic carbocycles. The molecule has 0 radical (unpaired) electrons. The van der Waals surface area contributed by atoms with Crippen LogP contribution >= 0.6 is 0 Å². The van der Waals surface area contributed by atoms with Crippen molar-refractivity contribution in [3.8, 4) is 0 Å². The van der Waals surface area contributed by atoms with E-state index >= 15 is 0 Å². The lowest BCUT2D eigenvalue weighted by Crippen LogP contribution is -2.41. The Kier molecular flexibility index (Phi) is 1.55. The molecule has 0 aromatic carbocycles. The van der Waals surface area contributed by atoms with Gasteiger partial charge in [0, 0.05) is 11.8 Å². The summed E-state index contributed by atoms with van der Waals surface area (Å²) in [7, 11) is 0. The predicted octanol–water partition coefficient (Wildman–Crippen LogP) is 0.399. The average Bonchev–Trinajstić information content (AvgIpc) is 2.79. The van der Waals surface area contributed by atoms with Crippen LogP contribution in [0.5, 0.6) is 0 Å². The number of Topliss-reactive ketones (excluding diaryl/α,β-unsaturated/α-hetero) is 2. The number of carbonyl (C=O) groups excluding carboxylic acids is 2. The molecule has 0 aliphatic heterocycles. The molecule has 70 valence electrons. The highest BCUT2D eigenvalue weighted by Crippen LogP contribution is 2.54. The molecule has 0 bridgehead atoms. The summed E-state index contributed by atoms with van der Waals surface area (Å²) in [5, 5.41) is 8.70. The smallest absolute Gasteiger partial charge is 0.321 e. The van der Waals surface area contributed by atoms with Crippen LogP contribution in [-0.2, 0) is 14.4 Å². The largest absolute Gasteiger partial charge is 0.480 e. The number of carboxylic acids is 1.